The van der Waals surface area contributed by atoms with Crippen LogP contribution in [0.25, 0.3) is 0 Å². The van der Waals surface area contributed by atoms with E-state index in [1.165, 1.54) is 6.42 Å². The van der Waals surface area contributed by atoms with Crippen LogP contribution in [-0.4, -0.2) is 73.0 Å². The van der Waals surface area contributed by atoms with Crippen LogP contribution < -0.4 is 10.6 Å². The molecule has 6 nitrogen and oxygen atoms in total. The van der Waals surface area contributed by atoms with Crippen LogP contribution in [0.15, 0.2) is 18.2 Å². The Morgan fingerprint density at radius 2 is 2.04 bits per heavy atom. The molecule has 2 N–H and O–H groups in total. The van der Waals surface area contributed by atoms with Crippen LogP contribution in [0, 0.1) is 12.8 Å². The van der Waals surface area contributed by atoms with Crippen molar-refractivity contribution >= 4 is 36.5 Å². The first-order chi connectivity index (χ1) is 11.7. The standard InChI is InChI=1S/C18H29N5O.2ClH/c1-15-3-2-4-17(21-15)20-13-16-5-9-22(14-16)10-6-18(24)23-11-7-19-8-12-23;;/h2-4,16,19H,5-14H2,1H3,(H,20,21);2*1H. The summed E-state index contributed by atoms with van der Waals surface area (Å²) >= 11 is 0. The third-order valence-corrected chi connectivity index (χ3v) is 4.94. The van der Waals surface area contributed by atoms with E-state index in [4.69, 9.17) is 0 Å². The molecule has 3 heterocycles. The maximum atomic E-state index is 12.2. The number of piperazine rings is 1. The van der Waals surface area contributed by atoms with Crippen LogP contribution in [0.3, 0.4) is 0 Å². The molecule has 2 fully saturated rings. The van der Waals surface area contributed by atoms with Crippen LogP contribution in [0.4, 0.5) is 5.82 Å². The predicted molar refractivity (Wildman–Crippen MR) is 111 cm³/mol. The Labute approximate surface area is 168 Å². The van der Waals surface area contributed by atoms with Crippen molar-refractivity contribution in [3.63, 3.8) is 0 Å². The van der Waals surface area contributed by atoms with Gasteiger partial charge in [0.25, 0.3) is 0 Å². The molecule has 1 unspecified atom stereocenters. The number of likely N-dealkylation sites (tertiary alicyclic amines) is 1. The third-order valence-electron chi connectivity index (χ3n) is 4.94. The lowest BCUT2D eigenvalue weighted by Gasteiger charge is -2.28. The molecule has 0 aliphatic carbocycles. The maximum Gasteiger partial charge on any atom is 0.223 e. The van der Waals surface area contributed by atoms with Crippen molar-refractivity contribution in [2.24, 2.45) is 5.92 Å². The molecule has 1 amide bonds. The van der Waals surface area contributed by atoms with Crippen LogP contribution in [0.2, 0.25) is 0 Å². The number of carbonyl (C=O) groups excluding carboxylic acids is 1. The molecular formula is C18H31Cl2N5O. The lowest BCUT2D eigenvalue weighted by atomic mass is 10.1. The molecular weight excluding hydrogens is 373 g/mol. The minimum Gasteiger partial charge on any atom is -0.370 e. The number of nitrogens with one attached hydrogen (secondary N) is 2. The first-order valence-electron chi connectivity index (χ1n) is 9.09. The summed E-state index contributed by atoms with van der Waals surface area (Å²) < 4.78 is 0. The Balaban J connectivity index is 0.00000169. The molecule has 0 spiro atoms. The number of nitrogens with zero attached hydrogens (tertiary/aromatic N) is 3. The topological polar surface area (TPSA) is 60.5 Å². The van der Waals surface area contributed by atoms with E-state index in [0.29, 0.717) is 18.2 Å². The van der Waals surface area contributed by atoms with Gasteiger partial charge in [-0.2, -0.15) is 0 Å². The number of amides is 1. The number of hydrogen-bond donors (Lipinski definition) is 2. The van der Waals surface area contributed by atoms with E-state index in [2.05, 4.69) is 20.5 Å². The number of anilines is 1. The van der Waals surface area contributed by atoms with Gasteiger partial charge in [0.05, 0.1) is 0 Å². The fourth-order valence-corrected chi connectivity index (χ4v) is 3.50. The van der Waals surface area contributed by atoms with E-state index < -0.39 is 0 Å². The first-order valence-corrected chi connectivity index (χ1v) is 9.09. The van der Waals surface area contributed by atoms with Gasteiger partial charge in [0.15, 0.2) is 0 Å². The molecule has 2 aliphatic rings. The average molecular weight is 404 g/mol. The van der Waals surface area contributed by atoms with Crippen molar-refractivity contribution in [3.8, 4) is 0 Å². The number of carbonyl (C=O) groups is 1. The van der Waals surface area contributed by atoms with Gasteiger partial charge in [-0.3, -0.25) is 4.79 Å². The normalized spacial score (nSPS) is 20.2. The number of pyridine rings is 1. The molecule has 148 valence electrons. The van der Waals surface area contributed by atoms with E-state index in [0.717, 1.165) is 63.9 Å². The lowest BCUT2D eigenvalue weighted by Crippen LogP contribution is -2.47. The summed E-state index contributed by atoms with van der Waals surface area (Å²) in [6.45, 7) is 9.60. The maximum absolute atomic E-state index is 12.2. The first kappa shape index (κ1) is 23.0. The summed E-state index contributed by atoms with van der Waals surface area (Å²) in [4.78, 5) is 21.1. The summed E-state index contributed by atoms with van der Waals surface area (Å²) in [6.07, 6.45) is 1.85. The SMILES string of the molecule is Cc1cccc(NCC2CCN(CCC(=O)N3CCNCC3)C2)n1.Cl.Cl. The van der Waals surface area contributed by atoms with Gasteiger partial charge >= 0.3 is 0 Å². The Morgan fingerprint density at radius 1 is 1.27 bits per heavy atom. The van der Waals surface area contributed by atoms with Gasteiger partial charge in [0.2, 0.25) is 5.91 Å². The highest BCUT2D eigenvalue weighted by Gasteiger charge is 2.24. The quantitative estimate of drug-likeness (QED) is 0.757. The number of rotatable bonds is 6. The average Bonchev–Trinajstić information content (AvgIpc) is 3.07. The Bertz CT molecular complexity index is 554. The molecule has 3 rings (SSSR count). The fourth-order valence-electron chi connectivity index (χ4n) is 3.50. The summed E-state index contributed by atoms with van der Waals surface area (Å²) in [5.74, 6) is 1.91. The molecule has 2 aliphatic heterocycles. The molecule has 26 heavy (non-hydrogen) atoms. The molecule has 0 bridgehead atoms. The summed E-state index contributed by atoms with van der Waals surface area (Å²) in [5.41, 5.74) is 1.04. The van der Waals surface area contributed by atoms with E-state index in [9.17, 15) is 4.79 Å². The molecule has 1 atom stereocenters. The van der Waals surface area contributed by atoms with Crippen molar-refractivity contribution in [1.82, 2.24) is 20.1 Å². The molecule has 0 saturated carbocycles. The van der Waals surface area contributed by atoms with Crippen molar-refractivity contribution in [2.45, 2.75) is 19.8 Å². The molecule has 8 heteroatoms. The van der Waals surface area contributed by atoms with E-state index in [1.807, 2.05) is 30.0 Å². The second kappa shape index (κ2) is 11.6. The Morgan fingerprint density at radius 3 is 2.77 bits per heavy atom. The molecule has 0 aromatic carbocycles. The minimum atomic E-state index is 0. The van der Waals surface area contributed by atoms with Gasteiger partial charge in [-0.15, -0.1) is 24.8 Å². The zero-order valence-electron chi connectivity index (χ0n) is 15.4. The van der Waals surface area contributed by atoms with Crippen LogP contribution >= 0.6 is 24.8 Å². The van der Waals surface area contributed by atoms with Gasteiger partial charge in [-0.05, 0) is 37.9 Å². The van der Waals surface area contributed by atoms with Gasteiger partial charge in [0, 0.05) is 57.9 Å². The summed E-state index contributed by atoms with van der Waals surface area (Å²) in [6, 6.07) is 6.07. The number of hydrogen-bond acceptors (Lipinski definition) is 5. The number of halogens is 2. The molecule has 1 aromatic heterocycles. The van der Waals surface area contributed by atoms with Crippen LogP contribution in [0.1, 0.15) is 18.5 Å². The highest BCUT2D eigenvalue weighted by atomic mass is 35.5. The highest BCUT2D eigenvalue weighted by Crippen LogP contribution is 2.17. The predicted octanol–water partition coefficient (Wildman–Crippen LogP) is 1.79. The van der Waals surface area contributed by atoms with Gasteiger partial charge < -0.3 is 20.4 Å². The molecule has 2 saturated heterocycles. The van der Waals surface area contributed by atoms with E-state index >= 15 is 0 Å². The van der Waals surface area contributed by atoms with Gasteiger partial charge in [-0.1, -0.05) is 6.07 Å². The van der Waals surface area contributed by atoms with Crippen molar-refractivity contribution in [3.05, 3.63) is 23.9 Å². The number of aryl methyl sites for hydroxylation is 1. The third kappa shape index (κ3) is 6.91. The summed E-state index contributed by atoms with van der Waals surface area (Å²) in [5, 5.41) is 6.73. The molecule has 1 aromatic rings. The Hall–Kier alpha value is -1.08. The van der Waals surface area contributed by atoms with Crippen LogP contribution in [-0.2, 0) is 4.79 Å². The van der Waals surface area contributed by atoms with E-state index in [-0.39, 0.29) is 24.8 Å². The lowest BCUT2D eigenvalue weighted by molar-refractivity contribution is -0.132. The second-order valence-corrected chi connectivity index (χ2v) is 6.88. The Kier molecular flexibility index (Phi) is 10.2. The zero-order chi connectivity index (χ0) is 16.8. The van der Waals surface area contributed by atoms with E-state index in [1.54, 1.807) is 0 Å². The zero-order valence-corrected chi connectivity index (χ0v) is 17.1. The summed E-state index contributed by atoms with van der Waals surface area (Å²) in [7, 11) is 0. The largest absolute Gasteiger partial charge is 0.370 e. The monoisotopic (exact) mass is 403 g/mol. The minimum absolute atomic E-state index is 0. The van der Waals surface area contributed by atoms with Crippen molar-refractivity contribution in [2.75, 3.05) is 57.7 Å². The molecule has 0 radical (unpaired) electrons. The van der Waals surface area contributed by atoms with Gasteiger partial charge in [-0.25, -0.2) is 4.98 Å². The van der Waals surface area contributed by atoms with Crippen molar-refractivity contribution < 1.29 is 4.79 Å². The smallest absolute Gasteiger partial charge is 0.223 e. The van der Waals surface area contributed by atoms with Crippen molar-refractivity contribution in [1.29, 1.82) is 0 Å². The highest BCUT2D eigenvalue weighted by molar-refractivity contribution is 5.85. The second-order valence-electron chi connectivity index (χ2n) is 6.88. The van der Waals surface area contributed by atoms with Crippen LogP contribution in [0.5, 0.6) is 0 Å². The fraction of sp³-hybridized carbons (Fsp3) is 0.667. The van der Waals surface area contributed by atoms with Gasteiger partial charge in [0.1, 0.15) is 5.82 Å². The number of aromatic nitrogens is 1.